The minimum Gasteiger partial charge on any atom is -0.493 e. The molecule has 0 aliphatic rings. The maximum Gasteiger partial charge on any atom is 0.338 e. The van der Waals surface area contributed by atoms with Crippen LogP contribution in [0.2, 0.25) is 0 Å². The average Bonchev–Trinajstić information content (AvgIpc) is 2.65. The molecule has 0 fully saturated rings. The van der Waals surface area contributed by atoms with Gasteiger partial charge in [-0.05, 0) is 12.1 Å². The van der Waals surface area contributed by atoms with Crippen LogP contribution in [-0.2, 0) is 4.74 Å². The van der Waals surface area contributed by atoms with Gasteiger partial charge >= 0.3 is 5.97 Å². The summed E-state index contributed by atoms with van der Waals surface area (Å²) in [6, 6.07) is 11.6. The average molecular weight is 330 g/mol. The van der Waals surface area contributed by atoms with Crippen molar-refractivity contribution in [3.05, 3.63) is 53.6 Å². The van der Waals surface area contributed by atoms with Gasteiger partial charge in [-0.25, -0.2) is 4.79 Å². The van der Waals surface area contributed by atoms with Crippen molar-refractivity contribution < 1.29 is 28.5 Å². The Labute approximate surface area is 139 Å². The number of benzene rings is 2. The molecule has 0 aliphatic heterocycles. The highest BCUT2D eigenvalue weighted by atomic mass is 16.5. The van der Waals surface area contributed by atoms with E-state index in [-0.39, 0.29) is 18.0 Å². The molecule has 0 N–H and O–H groups in total. The molecule has 0 radical (unpaired) electrons. The Kier molecular flexibility index (Phi) is 5.78. The van der Waals surface area contributed by atoms with E-state index >= 15 is 0 Å². The zero-order valence-corrected chi connectivity index (χ0v) is 13.7. The molecule has 0 aromatic heterocycles. The molecule has 0 amide bonds. The third-order valence-corrected chi connectivity index (χ3v) is 3.33. The molecule has 0 bridgehead atoms. The minimum atomic E-state index is -0.654. The third kappa shape index (κ3) is 3.84. The van der Waals surface area contributed by atoms with Crippen molar-refractivity contribution in [1.29, 1.82) is 0 Å². The van der Waals surface area contributed by atoms with Crippen LogP contribution in [0.4, 0.5) is 0 Å². The Morgan fingerprint density at radius 3 is 1.92 bits per heavy atom. The summed E-state index contributed by atoms with van der Waals surface area (Å²) in [5.74, 6) is 0.100. The molecule has 2 aromatic carbocycles. The standard InChI is InChI=1S/C18H18O6/c1-21-15-9-13(10-16(22-2)17(15)23-3)18(20)24-11-14(19)12-7-5-4-6-8-12/h4-10H,11H2,1-3H3. The highest BCUT2D eigenvalue weighted by Crippen LogP contribution is 2.38. The Balaban J connectivity index is 2.13. The lowest BCUT2D eigenvalue weighted by molar-refractivity contribution is 0.0474. The molecule has 6 heteroatoms. The van der Waals surface area contributed by atoms with E-state index in [2.05, 4.69) is 0 Å². The fourth-order valence-electron chi connectivity index (χ4n) is 2.12. The lowest BCUT2D eigenvalue weighted by Crippen LogP contribution is -2.14. The Morgan fingerprint density at radius 2 is 1.42 bits per heavy atom. The van der Waals surface area contributed by atoms with Gasteiger partial charge in [0.15, 0.2) is 23.9 Å². The number of carbonyl (C=O) groups is 2. The van der Waals surface area contributed by atoms with Crippen molar-refractivity contribution in [1.82, 2.24) is 0 Å². The van der Waals surface area contributed by atoms with Crippen LogP contribution in [0.1, 0.15) is 20.7 Å². The molecular formula is C18H18O6. The lowest BCUT2D eigenvalue weighted by atomic mass is 10.1. The molecule has 0 saturated heterocycles. The number of Topliss-reactive ketones (excluding diaryl/α,β-unsaturated/α-hetero) is 1. The number of rotatable bonds is 7. The summed E-state index contributed by atoms with van der Waals surface area (Å²) in [7, 11) is 4.37. The van der Waals surface area contributed by atoms with E-state index in [0.29, 0.717) is 22.8 Å². The van der Waals surface area contributed by atoms with Crippen molar-refractivity contribution in [2.24, 2.45) is 0 Å². The lowest BCUT2D eigenvalue weighted by Gasteiger charge is -2.13. The predicted octanol–water partition coefficient (Wildman–Crippen LogP) is 2.75. The van der Waals surface area contributed by atoms with Gasteiger partial charge in [0, 0.05) is 5.56 Å². The van der Waals surface area contributed by atoms with Gasteiger partial charge in [0.2, 0.25) is 5.75 Å². The fraction of sp³-hybridized carbons (Fsp3) is 0.222. The fourth-order valence-corrected chi connectivity index (χ4v) is 2.12. The van der Waals surface area contributed by atoms with Crippen LogP contribution in [-0.4, -0.2) is 39.7 Å². The first-order valence-electron chi connectivity index (χ1n) is 7.16. The summed E-state index contributed by atoms with van der Waals surface area (Å²) >= 11 is 0. The normalized spacial score (nSPS) is 9.96. The quantitative estimate of drug-likeness (QED) is 0.574. The zero-order valence-electron chi connectivity index (χ0n) is 13.7. The molecule has 2 aromatic rings. The van der Waals surface area contributed by atoms with Crippen LogP contribution in [0.15, 0.2) is 42.5 Å². The van der Waals surface area contributed by atoms with Gasteiger partial charge in [0.05, 0.1) is 26.9 Å². The van der Waals surface area contributed by atoms with Crippen molar-refractivity contribution in [2.45, 2.75) is 0 Å². The van der Waals surface area contributed by atoms with Crippen LogP contribution in [0, 0.1) is 0 Å². The van der Waals surface area contributed by atoms with Crippen molar-refractivity contribution in [3.63, 3.8) is 0 Å². The second-order valence-electron chi connectivity index (χ2n) is 4.78. The molecule has 0 atom stereocenters. The predicted molar refractivity (Wildman–Crippen MR) is 87.2 cm³/mol. The molecule has 2 rings (SSSR count). The van der Waals surface area contributed by atoms with Gasteiger partial charge in [-0.2, -0.15) is 0 Å². The maximum atomic E-state index is 12.2. The molecular weight excluding hydrogens is 312 g/mol. The maximum absolute atomic E-state index is 12.2. The van der Waals surface area contributed by atoms with Crippen LogP contribution >= 0.6 is 0 Å². The summed E-state index contributed by atoms with van der Waals surface area (Å²) in [6.45, 7) is -0.348. The first-order valence-corrected chi connectivity index (χ1v) is 7.16. The SMILES string of the molecule is COc1cc(C(=O)OCC(=O)c2ccccc2)cc(OC)c1OC. The van der Waals surface area contributed by atoms with E-state index in [0.717, 1.165) is 0 Å². The molecule has 126 valence electrons. The van der Waals surface area contributed by atoms with E-state index in [4.69, 9.17) is 18.9 Å². The molecule has 0 heterocycles. The van der Waals surface area contributed by atoms with Crippen LogP contribution < -0.4 is 14.2 Å². The number of ketones is 1. The van der Waals surface area contributed by atoms with E-state index in [9.17, 15) is 9.59 Å². The number of esters is 1. The first-order chi connectivity index (χ1) is 11.6. The van der Waals surface area contributed by atoms with E-state index in [1.807, 2.05) is 0 Å². The van der Waals surface area contributed by atoms with Gasteiger partial charge in [0.1, 0.15) is 0 Å². The summed E-state index contributed by atoms with van der Waals surface area (Å²) < 4.78 is 20.6. The Morgan fingerprint density at radius 1 is 0.833 bits per heavy atom. The van der Waals surface area contributed by atoms with Gasteiger partial charge < -0.3 is 18.9 Å². The molecule has 24 heavy (non-hydrogen) atoms. The van der Waals surface area contributed by atoms with Crippen molar-refractivity contribution in [2.75, 3.05) is 27.9 Å². The number of ether oxygens (including phenoxy) is 4. The molecule has 0 aliphatic carbocycles. The second kappa shape index (κ2) is 8.01. The number of carbonyl (C=O) groups excluding carboxylic acids is 2. The van der Waals surface area contributed by atoms with Crippen LogP contribution in [0.3, 0.4) is 0 Å². The number of methoxy groups -OCH3 is 3. The number of hydrogen-bond acceptors (Lipinski definition) is 6. The molecule has 0 unspecified atom stereocenters. The largest absolute Gasteiger partial charge is 0.493 e. The Bertz CT molecular complexity index is 699. The summed E-state index contributed by atoms with van der Waals surface area (Å²) in [5.41, 5.74) is 0.681. The highest BCUT2D eigenvalue weighted by Gasteiger charge is 2.18. The van der Waals surface area contributed by atoms with Crippen LogP contribution in [0.25, 0.3) is 0 Å². The smallest absolute Gasteiger partial charge is 0.338 e. The number of hydrogen-bond donors (Lipinski definition) is 0. The zero-order chi connectivity index (χ0) is 17.5. The minimum absolute atomic E-state index is 0.199. The van der Waals surface area contributed by atoms with E-state index in [1.54, 1.807) is 30.3 Å². The third-order valence-electron chi connectivity index (χ3n) is 3.33. The van der Waals surface area contributed by atoms with Gasteiger partial charge in [-0.1, -0.05) is 30.3 Å². The van der Waals surface area contributed by atoms with Gasteiger partial charge in [-0.3, -0.25) is 4.79 Å². The summed E-state index contributed by atoms with van der Waals surface area (Å²) in [5, 5.41) is 0. The summed E-state index contributed by atoms with van der Waals surface area (Å²) in [4.78, 5) is 24.2. The molecule has 0 spiro atoms. The monoisotopic (exact) mass is 330 g/mol. The van der Waals surface area contributed by atoms with Crippen LogP contribution in [0.5, 0.6) is 17.2 Å². The van der Waals surface area contributed by atoms with Gasteiger partial charge in [-0.15, -0.1) is 0 Å². The second-order valence-corrected chi connectivity index (χ2v) is 4.78. The van der Waals surface area contributed by atoms with Crippen molar-refractivity contribution >= 4 is 11.8 Å². The van der Waals surface area contributed by atoms with E-state index in [1.165, 1.54) is 33.5 Å². The topological polar surface area (TPSA) is 71.1 Å². The highest BCUT2D eigenvalue weighted by molar-refractivity contribution is 5.99. The Hall–Kier alpha value is -3.02. The van der Waals surface area contributed by atoms with Gasteiger partial charge in [0.25, 0.3) is 0 Å². The molecule has 0 saturated carbocycles. The van der Waals surface area contributed by atoms with E-state index < -0.39 is 5.97 Å². The first kappa shape index (κ1) is 17.3. The van der Waals surface area contributed by atoms with Crippen molar-refractivity contribution in [3.8, 4) is 17.2 Å². The molecule has 6 nitrogen and oxygen atoms in total. The summed E-state index contributed by atoms with van der Waals surface area (Å²) in [6.07, 6.45) is 0.